The predicted molar refractivity (Wildman–Crippen MR) is 59.8 cm³/mol. The minimum absolute atomic E-state index is 0.0918. The average molecular weight is 222 g/mol. The standard InChI is InChI=1S/C11H18N4O/c12-4-2-1-3-5-14-6-7-15-10(9-14)8-13-11(15)16/h10H,1-3,5-9H2,(H,13,16). The topological polar surface area (TPSA) is 59.4 Å². The molecule has 2 rings (SSSR count). The fourth-order valence-corrected chi connectivity index (χ4v) is 2.41. The molecule has 0 saturated carbocycles. The first-order chi connectivity index (χ1) is 7.81. The van der Waals surface area contributed by atoms with Crippen LogP contribution in [0.1, 0.15) is 19.3 Å². The molecule has 0 aromatic rings. The largest absolute Gasteiger partial charge is 0.336 e. The molecule has 5 heteroatoms. The van der Waals surface area contributed by atoms with Gasteiger partial charge in [0.15, 0.2) is 0 Å². The van der Waals surface area contributed by atoms with Crippen LogP contribution < -0.4 is 5.32 Å². The summed E-state index contributed by atoms with van der Waals surface area (Å²) in [6.07, 6.45) is 2.73. The Morgan fingerprint density at radius 1 is 1.44 bits per heavy atom. The quantitative estimate of drug-likeness (QED) is 0.700. The van der Waals surface area contributed by atoms with Crippen LogP contribution in [0.2, 0.25) is 0 Å². The number of rotatable bonds is 4. The molecule has 2 heterocycles. The minimum Gasteiger partial charge on any atom is -0.336 e. The number of carbonyl (C=O) groups excluding carboxylic acids is 1. The average Bonchev–Trinajstić information content (AvgIpc) is 2.66. The van der Waals surface area contributed by atoms with Gasteiger partial charge < -0.3 is 10.2 Å². The second-order valence-electron chi connectivity index (χ2n) is 4.45. The Bertz CT molecular complexity index is 299. The highest BCUT2D eigenvalue weighted by Gasteiger charge is 2.34. The van der Waals surface area contributed by atoms with E-state index in [0.29, 0.717) is 12.5 Å². The van der Waals surface area contributed by atoms with Crippen molar-refractivity contribution in [2.45, 2.75) is 25.3 Å². The molecule has 0 aliphatic carbocycles. The van der Waals surface area contributed by atoms with Gasteiger partial charge in [0.05, 0.1) is 12.1 Å². The van der Waals surface area contributed by atoms with E-state index in [-0.39, 0.29) is 6.03 Å². The predicted octanol–water partition coefficient (Wildman–Crippen LogP) is 0.390. The van der Waals surface area contributed by atoms with Crippen LogP contribution in [-0.2, 0) is 0 Å². The molecule has 16 heavy (non-hydrogen) atoms. The molecule has 0 bridgehead atoms. The molecule has 2 fully saturated rings. The number of hydrogen-bond donors (Lipinski definition) is 1. The zero-order chi connectivity index (χ0) is 11.4. The molecular formula is C11H18N4O. The fraction of sp³-hybridized carbons (Fsp3) is 0.818. The maximum Gasteiger partial charge on any atom is 0.317 e. The Morgan fingerprint density at radius 3 is 3.12 bits per heavy atom. The van der Waals surface area contributed by atoms with Crippen molar-refractivity contribution in [2.75, 3.05) is 32.7 Å². The summed E-state index contributed by atoms with van der Waals surface area (Å²) < 4.78 is 0. The third kappa shape index (κ3) is 2.45. The number of carbonyl (C=O) groups is 1. The first-order valence-electron chi connectivity index (χ1n) is 5.95. The van der Waals surface area contributed by atoms with Crippen molar-refractivity contribution in [3.63, 3.8) is 0 Å². The number of nitrogens with zero attached hydrogens (tertiary/aromatic N) is 3. The summed E-state index contributed by atoms with van der Waals surface area (Å²) in [6.45, 7) is 4.63. The van der Waals surface area contributed by atoms with Crippen molar-refractivity contribution >= 4 is 6.03 Å². The molecule has 2 aliphatic rings. The Balaban J connectivity index is 1.71. The molecule has 2 aliphatic heterocycles. The summed E-state index contributed by atoms with van der Waals surface area (Å²) in [5, 5.41) is 11.3. The van der Waals surface area contributed by atoms with Crippen molar-refractivity contribution in [1.29, 1.82) is 5.26 Å². The summed E-state index contributed by atoms with van der Waals surface area (Å²) in [5.41, 5.74) is 0. The van der Waals surface area contributed by atoms with E-state index >= 15 is 0 Å². The first-order valence-corrected chi connectivity index (χ1v) is 5.95. The summed E-state index contributed by atoms with van der Waals surface area (Å²) in [6, 6.07) is 2.62. The van der Waals surface area contributed by atoms with Crippen LogP contribution in [0.15, 0.2) is 0 Å². The lowest BCUT2D eigenvalue weighted by Crippen LogP contribution is -2.52. The van der Waals surface area contributed by atoms with Gasteiger partial charge in [-0.15, -0.1) is 0 Å². The molecule has 0 aromatic carbocycles. The Hall–Kier alpha value is -1.28. The molecule has 2 amide bonds. The van der Waals surface area contributed by atoms with Crippen molar-refractivity contribution in [3.05, 3.63) is 0 Å². The number of nitrogens with one attached hydrogen (secondary N) is 1. The summed E-state index contributed by atoms with van der Waals surface area (Å²) in [7, 11) is 0. The number of amides is 2. The Kier molecular flexibility index (Phi) is 3.62. The lowest BCUT2D eigenvalue weighted by molar-refractivity contribution is 0.120. The molecule has 1 atom stereocenters. The van der Waals surface area contributed by atoms with Gasteiger partial charge in [0.2, 0.25) is 0 Å². The molecule has 0 aromatic heterocycles. The number of piperazine rings is 1. The lowest BCUT2D eigenvalue weighted by Gasteiger charge is -2.36. The van der Waals surface area contributed by atoms with Crippen LogP contribution in [0.5, 0.6) is 0 Å². The molecule has 0 spiro atoms. The number of hydrogen-bond acceptors (Lipinski definition) is 3. The van der Waals surface area contributed by atoms with Gasteiger partial charge in [-0.1, -0.05) is 0 Å². The molecular weight excluding hydrogens is 204 g/mol. The van der Waals surface area contributed by atoms with E-state index in [1.165, 1.54) is 0 Å². The first kappa shape index (κ1) is 11.2. The maximum atomic E-state index is 11.4. The normalized spacial score (nSPS) is 25.1. The van der Waals surface area contributed by atoms with Crippen molar-refractivity contribution in [1.82, 2.24) is 15.1 Å². The van der Waals surface area contributed by atoms with Gasteiger partial charge in [-0.25, -0.2) is 4.79 Å². The number of fused-ring (bicyclic) bond motifs is 1. The summed E-state index contributed by atoms with van der Waals surface area (Å²) >= 11 is 0. The van der Waals surface area contributed by atoms with Gasteiger partial charge in [-0.3, -0.25) is 4.90 Å². The summed E-state index contributed by atoms with van der Waals surface area (Å²) in [4.78, 5) is 15.7. The van der Waals surface area contributed by atoms with Gasteiger partial charge >= 0.3 is 6.03 Å². The number of unbranched alkanes of at least 4 members (excludes halogenated alkanes) is 2. The van der Waals surface area contributed by atoms with Crippen molar-refractivity contribution in [3.8, 4) is 6.07 Å². The zero-order valence-electron chi connectivity index (χ0n) is 9.48. The van der Waals surface area contributed by atoms with E-state index in [1.54, 1.807) is 0 Å². The van der Waals surface area contributed by atoms with E-state index in [9.17, 15) is 4.79 Å². The highest BCUT2D eigenvalue weighted by atomic mass is 16.2. The van der Waals surface area contributed by atoms with E-state index in [0.717, 1.165) is 45.6 Å². The second kappa shape index (κ2) is 5.17. The molecule has 88 valence electrons. The zero-order valence-corrected chi connectivity index (χ0v) is 9.48. The summed E-state index contributed by atoms with van der Waals surface area (Å²) in [5.74, 6) is 0. The van der Waals surface area contributed by atoms with Crippen molar-refractivity contribution < 1.29 is 4.79 Å². The highest BCUT2D eigenvalue weighted by molar-refractivity contribution is 5.77. The Morgan fingerprint density at radius 2 is 2.31 bits per heavy atom. The van der Waals surface area contributed by atoms with E-state index in [1.807, 2.05) is 4.90 Å². The van der Waals surface area contributed by atoms with E-state index in [2.05, 4.69) is 16.3 Å². The Labute approximate surface area is 96.0 Å². The van der Waals surface area contributed by atoms with Crippen LogP contribution in [0.4, 0.5) is 4.79 Å². The third-order valence-electron chi connectivity index (χ3n) is 3.33. The van der Waals surface area contributed by atoms with Crippen LogP contribution in [0, 0.1) is 11.3 Å². The van der Waals surface area contributed by atoms with Gasteiger partial charge in [0.25, 0.3) is 0 Å². The monoisotopic (exact) mass is 222 g/mol. The lowest BCUT2D eigenvalue weighted by atomic mass is 10.1. The van der Waals surface area contributed by atoms with Gasteiger partial charge in [0.1, 0.15) is 0 Å². The molecule has 1 unspecified atom stereocenters. The number of nitriles is 1. The molecule has 5 nitrogen and oxygen atoms in total. The SMILES string of the molecule is N#CCCCCN1CCN2C(=O)NCC2C1. The second-order valence-corrected chi connectivity index (χ2v) is 4.45. The third-order valence-corrected chi connectivity index (χ3v) is 3.33. The fourth-order valence-electron chi connectivity index (χ4n) is 2.41. The van der Waals surface area contributed by atoms with E-state index in [4.69, 9.17) is 5.26 Å². The maximum absolute atomic E-state index is 11.4. The van der Waals surface area contributed by atoms with Gasteiger partial charge in [-0.05, 0) is 19.4 Å². The van der Waals surface area contributed by atoms with Gasteiger partial charge in [-0.2, -0.15) is 5.26 Å². The van der Waals surface area contributed by atoms with Crippen LogP contribution in [0.25, 0.3) is 0 Å². The smallest absolute Gasteiger partial charge is 0.317 e. The number of urea groups is 1. The van der Waals surface area contributed by atoms with Crippen LogP contribution in [0.3, 0.4) is 0 Å². The molecule has 2 saturated heterocycles. The molecule has 0 radical (unpaired) electrons. The highest BCUT2D eigenvalue weighted by Crippen LogP contribution is 2.14. The van der Waals surface area contributed by atoms with Gasteiger partial charge in [0, 0.05) is 32.6 Å². The van der Waals surface area contributed by atoms with Crippen LogP contribution >= 0.6 is 0 Å². The van der Waals surface area contributed by atoms with E-state index < -0.39 is 0 Å². The minimum atomic E-state index is 0.0918. The van der Waals surface area contributed by atoms with Crippen molar-refractivity contribution in [2.24, 2.45) is 0 Å². The van der Waals surface area contributed by atoms with Crippen LogP contribution in [-0.4, -0.2) is 54.6 Å². The molecule has 1 N–H and O–H groups in total.